The average Bonchev–Trinajstić information content (AvgIpc) is 3.16. The highest BCUT2D eigenvalue weighted by atomic mass is 19.4. The fourth-order valence-corrected chi connectivity index (χ4v) is 2.13. The molecule has 0 unspecified atom stereocenters. The van der Waals surface area contributed by atoms with Crippen LogP contribution in [-0.2, 0) is 12.8 Å². The first kappa shape index (κ1) is 13.2. The van der Waals surface area contributed by atoms with Gasteiger partial charge in [-0.15, -0.1) is 0 Å². The van der Waals surface area contributed by atoms with E-state index in [1.54, 1.807) is 28.8 Å². The van der Waals surface area contributed by atoms with Gasteiger partial charge in [0.05, 0.1) is 6.61 Å². The third-order valence-electron chi connectivity index (χ3n) is 3.36. The summed E-state index contributed by atoms with van der Waals surface area (Å²) in [5.74, 6) is 0.337. The molecular formula is C14H13F3N2O. The molecule has 1 saturated carbocycles. The minimum absolute atomic E-state index is 0.0921. The first-order valence-electron chi connectivity index (χ1n) is 6.35. The van der Waals surface area contributed by atoms with Crippen LogP contribution in [0.15, 0.2) is 30.5 Å². The minimum Gasteiger partial charge on any atom is -0.392 e. The second-order valence-electron chi connectivity index (χ2n) is 4.94. The highest BCUT2D eigenvalue weighted by Gasteiger charge is 2.37. The van der Waals surface area contributed by atoms with Gasteiger partial charge in [0.15, 0.2) is 5.69 Å². The Balaban J connectivity index is 2.04. The van der Waals surface area contributed by atoms with Crippen molar-refractivity contribution in [1.82, 2.24) is 9.55 Å². The van der Waals surface area contributed by atoms with Crippen LogP contribution in [0.4, 0.5) is 13.2 Å². The number of alkyl halides is 3. The van der Waals surface area contributed by atoms with E-state index in [9.17, 15) is 13.2 Å². The van der Waals surface area contributed by atoms with Crippen molar-refractivity contribution in [2.45, 2.75) is 31.7 Å². The van der Waals surface area contributed by atoms with E-state index in [1.807, 2.05) is 0 Å². The van der Waals surface area contributed by atoms with Crippen LogP contribution in [0.5, 0.6) is 0 Å². The van der Waals surface area contributed by atoms with E-state index in [2.05, 4.69) is 4.98 Å². The molecule has 1 N–H and O–H groups in total. The number of nitrogens with zero attached hydrogens (tertiary/aromatic N) is 2. The van der Waals surface area contributed by atoms with Gasteiger partial charge in [-0.3, -0.25) is 0 Å². The maximum atomic E-state index is 12.8. The van der Waals surface area contributed by atoms with Crippen LogP contribution in [0.1, 0.15) is 30.1 Å². The van der Waals surface area contributed by atoms with Crippen LogP contribution in [0.25, 0.3) is 11.4 Å². The van der Waals surface area contributed by atoms with Crippen molar-refractivity contribution in [3.8, 4) is 11.4 Å². The van der Waals surface area contributed by atoms with Crippen molar-refractivity contribution in [1.29, 1.82) is 0 Å². The normalized spacial score (nSPS) is 15.6. The van der Waals surface area contributed by atoms with Gasteiger partial charge in [-0.05, 0) is 18.4 Å². The zero-order chi connectivity index (χ0) is 14.3. The van der Waals surface area contributed by atoms with E-state index in [4.69, 9.17) is 5.11 Å². The van der Waals surface area contributed by atoms with E-state index in [0.717, 1.165) is 19.0 Å². The number of halogens is 3. The number of imidazole rings is 1. The number of aliphatic hydroxyl groups excluding tert-OH is 1. The predicted octanol–water partition coefficient (Wildman–Crippen LogP) is 3.40. The van der Waals surface area contributed by atoms with Crippen LogP contribution in [0.3, 0.4) is 0 Å². The summed E-state index contributed by atoms with van der Waals surface area (Å²) in [6.07, 6.45) is -1.57. The Morgan fingerprint density at radius 2 is 1.85 bits per heavy atom. The number of hydrogen-bond donors (Lipinski definition) is 1. The second-order valence-corrected chi connectivity index (χ2v) is 4.94. The third-order valence-corrected chi connectivity index (χ3v) is 3.36. The predicted molar refractivity (Wildman–Crippen MR) is 66.9 cm³/mol. The lowest BCUT2D eigenvalue weighted by atomic mass is 10.1. The van der Waals surface area contributed by atoms with Gasteiger partial charge >= 0.3 is 6.18 Å². The van der Waals surface area contributed by atoms with Crippen LogP contribution < -0.4 is 0 Å². The number of benzene rings is 1. The molecule has 0 amide bonds. The Bertz CT molecular complexity index is 612. The van der Waals surface area contributed by atoms with Crippen molar-refractivity contribution in [3.05, 3.63) is 41.7 Å². The monoisotopic (exact) mass is 282 g/mol. The molecule has 6 heteroatoms. The lowest BCUT2D eigenvalue weighted by Gasteiger charge is -2.06. The first-order valence-corrected chi connectivity index (χ1v) is 6.35. The molecule has 1 fully saturated rings. The van der Waals surface area contributed by atoms with Gasteiger partial charge < -0.3 is 9.67 Å². The van der Waals surface area contributed by atoms with Crippen molar-refractivity contribution < 1.29 is 18.3 Å². The molecule has 0 aliphatic heterocycles. The van der Waals surface area contributed by atoms with Crippen molar-refractivity contribution >= 4 is 0 Å². The fraction of sp³-hybridized carbons (Fsp3) is 0.357. The molecule has 2 aromatic rings. The maximum Gasteiger partial charge on any atom is 0.434 e. The van der Waals surface area contributed by atoms with E-state index in [0.29, 0.717) is 17.0 Å². The van der Waals surface area contributed by atoms with Crippen LogP contribution in [0, 0.1) is 0 Å². The SMILES string of the molecule is OCc1ccc(-c2nc(C(F)(F)F)cn2C2CC2)cc1. The van der Waals surface area contributed by atoms with Crippen molar-refractivity contribution in [3.63, 3.8) is 0 Å². The molecule has 20 heavy (non-hydrogen) atoms. The van der Waals surface area contributed by atoms with E-state index < -0.39 is 11.9 Å². The topological polar surface area (TPSA) is 38.1 Å². The molecular weight excluding hydrogens is 269 g/mol. The van der Waals surface area contributed by atoms with Crippen molar-refractivity contribution in [2.24, 2.45) is 0 Å². The van der Waals surface area contributed by atoms with Gasteiger partial charge in [-0.25, -0.2) is 4.98 Å². The maximum absolute atomic E-state index is 12.8. The van der Waals surface area contributed by atoms with Gasteiger partial charge in [-0.1, -0.05) is 24.3 Å². The summed E-state index contributed by atoms with van der Waals surface area (Å²) in [4.78, 5) is 3.74. The van der Waals surface area contributed by atoms with Gasteiger partial charge in [0.1, 0.15) is 5.82 Å². The Labute approximate surface area is 113 Å². The standard InChI is InChI=1S/C14H13F3N2O/c15-14(16,17)12-7-19(11-5-6-11)13(18-12)10-3-1-9(8-20)2-4-10/h1-4,7,11,20H,5-6,8H2. The third kappa shape index (κ3) is 2.43. The lowest BCUT2D eigenvalue weighted by Crippen LogP contribution is -2.05. The van der Waals surface area contributed by atoms with Crippen LogP contribution in [0.2, 0.25) is 0 Å². The minimum atomic E-state index is -4.43. The molecule has 1 aliphatic rings. The Kier molecular flexibility index (Phi) is 3.05. The molecule has 0 spiro atoms. The lowest BCUT2D eigenvalue weighted by molar-refractivity contribution is -0.140. The molecule has 0 radical (unpaired) electrons. The summed E-state index contributed by atoms with van der Waals surface area (Å²) in [5.41, 5.74) is 0.490. The molecule has 1 aromatic heterocycles. The molecule has 1 aliphatic carbocycles. The summed E-state index contributed by atoms with van der Waals surface area (Å²) in [7, 11) is 0. The van der Waals surface area contributed by atoms with Gasteiger partial charge in [0, 0.05) is 17.8 Å². The van der Waals surface area contributed by atoms with E-state index in [-0.39, 0.29) is 12.6 Å². The highest BCUT2D eigenvalue weighted by molar-refractivity contribution is 5.57. The van der Waals surface area contributed by atoms with E-state index >= 15 is 0 Å². The smallest absolute Gasteiger partial charge is 0.392 e. The quantitative estimate of drug-likeness (QED) is 0.937. The summed E-state index contributed by atoms with van der Waals surface area (Å²) in [6.45, 7) is -0.0921. The first-order chi connectivity index (χ1) is 9.49. The number of aromatic nitrogens is 2. The largest absolute Gasteiger partial charge is 0.434 e. The Morgan fingerprint density at radius 3 is 2.35 bits per heavy atom. The molecule has 0 atom stereocenters. The highest BCUT2D eigenvalue weighted by Crippen LogP contribution is 2.40. The number of rotatable bonds is 3. The van der Waals surface area contributed by atoms with Gasteiger partial charge in [0.2, 0.25) is 0 Å². The average molecular weight is 282 g/mol. The summed E-state index contributed by atoms with van der Waals surface area (Å²) in [5, 5.41) is 8.99. The number of hydrogen-bond acceptors (Lipinski definition) is 2. The molecule has 0 saturated heterocycles. The molecule has 106 valence electrons. The second kappa shape index (κ2) is 4.63. The van der Waals surface area contributed by atoms with Crippen molar-refractivity contribution in [2.75, 3.05) is 0 Å². The summed E-state index contributed by atoms with van der Waals surface area (Å²) in [6, 6.07) is 6.87. The molecule has 1 aromatic carbocycles. The molecule has 1 heterocycles. The summed E-state index contributed by atoms with van der Waals surface area (Å²) >= 11 is 0. The molecule has 0 bridgehead atoms. The van der Waals surface area contributed by atoms with Gasteiger partial charge in [0.25, 0.3) is 0 Å². The number of aliphatic hydroxyl groups is 1. The van der Waals surface area contributed by atoms with E-state index in [1.165, 1.54) is 0 Å². The molecule has 3 rings (SSSR count). The summed E-state index contributed by atoms with van der Waals surface area (Å²) < 4.78 is 40.0. The zero-order valence-corrected chi connectivity index (χ0v) is 10.6. The van der Waals surface area contributed by atoms with Crippen LogP contribution >= 0.6 is 0 Å². The Hall–Kier alpha value is -1.82. The Morgan fingerprint density at radius 1 is 1.20 bits per heavy atom. The fourth-order valence-electron chi connectivity index (χ4n) is 2.13. The van der Waals surface area contributed by atoms with Crippen LogP contribution in [-0.4, -0.2) is 14.7 Å². The van der Waals surface area contributed by atoms with Gasteiger partial charge in [-0.2, -0.15) is 13.2 Å². The molecule has 3 nitrogen and oxygen atoms in total. The zero-order valence-electron chi connectivity index (χ0n) is 10.6.